The van der Waals surface area contributed by atoms with Crippen molar-refractivity contribution in [3.05, 3.63) is 29.8 Å². The predicted molar refractivity (Wildman–Crippen MR) is 81.4 cm³/mol. The summed E-state index contributed by atoms with van der Waals surface area (Å²) in [6, 6.07) is 7.22. The van der Waals surface area contributed by atoms with Crippen LogP contribution in [0, 0.1) is 0 Å². The van der Waals surface area contributed by atoms with Crippen LogP contribution in [0.15, 0.2) is 24.3 Å². The molecule has 0 aliphatic carbocycles. The Labute approximate surface area is 125 Å². The molecule has 1 aromatic rings. The first-order valence-electron chi connectivity index (χ1n) is 7.20. The molecule has 6 heteroatoms. The highest BCUT2D eigenvalue weighted by molar-refractivity contribution is 6.58. The Balaban J connectivity index is 2.02. The van der Waals surface area contributed by atoms with Gasteiger partial charge in [0.2, 0.25) is 0 Å². The lowest BCUT2D eigenvalue weighted by atomic mass is 9.78. The van der Waals surface area contributed by atoms with E-state index in [9.17, 15) is 14.8 Å². The van der Waals surface area contributed by atoms with Gasteiger partial charge in [-0.1, -0.05) is 24.3 Å². The summed E-state index contributed by atoms with van der Waals surface area (Å²) in [5, 5.41) is 18.5. The zero-order chi connectivity index (χ0) is 15.6. The summed E-state index contributed by atoms with van der Waals surface area (Å²) in [4.78, 5) is 13.7. The zero-order valence-electron chi connectivity index (χ0n) is 12.7. The van der Waals surface area contributed by atoms with Crippen LogP contribution in [0.4, 0.5) is 4.79 Å². The zero-order valence-corrected chi connectivity index (χ0v) is 12.7. The molecule has 0 spiro atoms. The smallest absolute Gasteiger partial charge is 0.444 e. The largest absolute Gasteiger partial charge is 0.488 e. The normalized spacial score (nSPS) is 18.7. The van der Waals surface area contributed by atoms with E-state index in [1.54, 1.807) is 23.1 Å². The highest BCUT2D eigenvalue weighted by Crippen LogP contribution is 2.27. The lowest BCUT2D eigenvalue weighted by Gasteiger charge is -2.24. The molecule has 1 aliphatic heterocycles. The molecule has 5 nitrogen and oxygen atoms in total. The van der Waals surface area contributed by atoms with E-state index in [1.165, 1.54) is 0 Å². The molecular formula is C15H22BNO4. The van der Waals surface area contributed by atoms with E-state index < -0.39 is 12.7 Å². The molecule has 1 unspecified atom stereocenters. The first-order valence-corrected chi connectivity index (χ1v) is 7.20. The van der Waals surface area contributed by atoms with Crippen molar-refractivity contribution in [3.8, 4) is 0 Å². The van der Waals surface area contributed by atoms with Gasteiger partial charge in [-0.15, -0.1) is 0 Å². The Kier molecular flexibility index (Phi) is 4.59. The molecule has 2 N–H and O–H groups in total. The van der Waals surface area contributed by atoms with Crippen molar-refractivity contribution in [1.29, 1.82) is 0 Å². The van der Waals surface area contributed by atoms with Crippen molar-refractivity contribution in [2.45, 2.75) is 38.7 Å². The summed E-state index contributed by atoms with van der Waals surface area (Å²) < 4.78 is 5.37. The monoisotopic (exact) mass is 291 g/mol. The van der Waals surface area contributed by atoms with Crippen LogP contribution in [0.25, 0.3) is 0 Å². The average Bonchev–Trinajstić information content (AvgIpc) is 2.86. The Morgan fingerprint density at radius 3 is 2.71 bits per heavy atom. The van der Waals surface area contributed by atoms with Crippen LogP contribution in [-0.4, -0.2) is 46.9 Å². The summed E-state index contributed by atoms with van der Waals surface area (Å²) in [6.07, 6.45) is 0.563. The molecule has 1 fully saturated rings. The Bertz CT molecular complexity index is 513. The number of benzene rings is 1. The number of nitrogens with zero attached hydrogens (tertiary/aromatic N) is 1. The third-order valence-electron chi connectivity index (χ3n) is 3.52. The fraction of sp³-hybridized carbons (Fsp3) is 0.533. The molecule has 2 rings (SSSR count). The number of rotatable bonds is 2. The first-order chi connectivity index (χ1) is 9.76. The second kappa shape index (κ2) is 6.07. The fourth-order valence-corrected chi connectivity index (χ4v) is 2.50. The summed E-state index contributed by atoms with van der Waals surface area (Å²) >= 11 is 0. The molecule has 1 atom stereocenters. The van der Waals surface area contributed by atoms with Gasteiger partial charge >= 0.3 is 13.2 Å². The van der Waals surface area contributed by atoms with Gasteiger partial charge < -0.3 is 19.7 Å². The lowest BCUT2D eigenvalue weighted by molar-refractivity contribution is 0.0292. The van der Waals surface area contributed by atoms with Crippen molar-refractivity contribution in [2.24, 2.45) is 0 Å². The molecule has 21 heavy (non-hydrogen) atoms. The van der Waals surface area contributed by atoms with Crippen molar-refractivity contribution in [3.63, 3.8) is 0 Å². The maximum Gasteiger partial charge on any atom is 0.488 e. The van der Waals surface area contributed by atoms with Gasteiger partial charge in [0.15, 0.2) is 0 Å². The van der Waals surface area contributed by atoms with E-state index >= 15 is 0 Å². The number of carbonyl (C=O) groups excluding carboxylic acids is 1. The molecule has 0 saturated carbocycles. The number of likely N-dealkylation sites (tertiary alicyclic amines) is 1. The van der Waals surface area contributed by atoms with Crippen LogP contribution in [0.2, 0.25) is 0 Å². The molecular weight excluding hydrogens is 269 g/mol. The number of hydrogen-bond donors (Lipinski definition) is 2. The van der Waals surface area contributed by atoms with E-state index in [-0.39, 0.29) is 12.0 Å². The van der Waals surface area contributed by atoms with E-state index in [1.807, 2.05) is 26.8 Å². The summed E-state index contributed by atoms with van der Waals surface area (Å²) in [6.45, 7) is 6.81. The standard InChI is InChI=1S/C15H22BNO4/c1-15(2,3)21-14(18)17-8-7-12(10-17)11-5-4-6-13(9-11)16(19)20/h4-6,9,12,19-20H,7-8,10H2,1-3H3. The lowest BCUT2D eigenvalue weighted by Crippen LogP contribution is -2.35. The molecule has 1 saturated heterocycles. The molecule has 1 aromatic carbocycles. The van der Waals surface area contributed by atoms with Crippen molar-refractivity contribution in [2.75, 3.05) is 13.1 Å². The predicted octanol–water partition coefficient (Wildman–Crippen LogP) is 1.09. The van der Waals surface area contributed by atoms with Gasteiger partial charge in [-0.3, -0.25) is 0 Å². The minimum absolute atomic E-state index is 0.205. The van der Waals surface area contributed by atoms with Gasteiger partial charge in [0, 0.05) is 19.0 Å². The maximum atomic E-state index is 12.0. The van der Waals surface area contributed by atoms with Crippen LogP contribution in [-0.2, 0) is 4.74 Å². The van der Waals surface area contributed by atoms with E-state index in [2.05, 4.69) is 0 Å². The molecule has 1 amide bonds. The highest BCUT2D eigenvalue weighted by Gasteiger charge is 2.30. The van der Waals surface area contributed by atoms with Crippen LogP contribution >= 0.6 is 0 Å². The van der Waals surface area contributed by atoms with Crippen LogP contribution in [0.5, 0.6) is 0 Å². The van der Waals surface area contributed by atoms with Crippen molar-refractivity contribution < 1.29 is 19.6 Å². The van der Waals surface area contributed by atoms with Gasteiger partial charge in [-0.2, -0.15) is 0 Å². The molecule has 0 bridgehead atoms. The van der Waals surface area contributed by atoms with Crippen LogP contribution in [0.3, 0.4) is 0 Å². The van der Waals surface area contributed by atoms with Gasteiger partial charge in [-0.25, -0.2) is 4.79 Å². The Hall–Kier alpha value is -1.53. The maximum absolute atomic E-state index is 12.0. The quantitative estimate of drug-likeness (QED) is 0.800. The van der Waals surface area contributed by atoms with Gasteiger partial charge in [0.05, 0.1) is 0 Å². The fourth-order valence-electron chi connectivity index (χ4n) is 2.50. The van der Waals surface area contributed by atoms with E-state index in [0.29, 0.717) is 18.6 Å². The first kappa shape index (κ1) is 15.9. The molecule has 114 valence electrons. The summed E-state index contributed by atoms with van der Waals surface area (Å²) in [7, 11) is -1.46. The molecule has 0 radical (unpaired) electrons. The number of carbonyl (C=O) groups is 1. The van der Waals surface area contributed by atoms with Gasteiger partial charge in [-0.05, 0) is 38.2 Å². The Morgan fingerprint density at radius 2 is 2.10 bits per heavy atom. The second-order valence-electron chi connectivity index (χ2n) is 6.46. The minimum atomic E-state index is -1.46. The Morgan fingerprint density at radius 1 is 1.38 bits per heavy atom. The second-order valence-corrected chi connectivity index (χ2v) is 6.46. The molecule has 0 aromatic heterocycles. The van der Waals surface area contributed by atoms with E-state index in [0.717, 1.165) is 12.0 Å². The van der Waals surface area contributed by atoms with E-state index in [4.69, 9.17) is 4.74 Å². The highest BCUT2D eigenvalue weighted by atomic mass is 16.6. The number of amides is 1. The topological polar surface area (TPSA) is 70.0 Å². The van der Waals surface area contributed by atoms with Crippen molar-refractivity contribution >= 4 is 18.7 Å². The molecule has 1 aliphatic rings. The SMILES string of the molecule is CC(C)(C)OC(=O)N1CCC(c2cccc(B(O)O)c2)C1. The minimum Gasteiger partial charge on any atom is -0.444 e. The number of hydrogen-bond acceptors (Lipinski definition) is 4. The third kappa shape index (κ3) is 4.22. The third-order valence-corrected chi connectivity index (χ3v) is 3.52. The van der Waals surface area contributed by atoms with Gasteiger partial charge in [0.25, 0.3) is 0 Å². The van der Waals surface area contributed by atoms with Crippen LogP contribution < -0.4 is 5.46 Å². The van der Waals surface area contributed by atoms with Crippen molar-refractivity contribution in [1.82, 2.24) is 4.90 Å². The summed E-state index contributed by atoms with van der Waals surface area (Å²) in [5.41, 5.74) is 1.01. The average molecular weight is 291 g/mol. The molecule has 1 heterocycles. The van der Waals surface area contributed by atoms with Crippen LogP contribution in [0.1, 0.15) is 38.7 Å². The number of ether oxygens (including phenoxy) is 1. The van der Waals surface area contributed by atoms with Gasteiger partial charge in [0.1, 0.15) is 5.60 Å². The summed E-state index contributed by atoms with van der Waals surface area (Å²) in [5.74, 6) is 0.205.